The zero-order chi connectivity index (χ0) is 14.7. The molecule has 0 radical (unpaired) electrons. The third kappa shape index (κ3) is 3.03. The SMILES string of the molecule is CCc1ncc(N2CCNCC2)c(-c2ccc(F)cc2)n1. The van der Waals surface area contributed by atoms with Gasteiger partial charge in [-0.3, -0.25) is 0 Å². The molecule has 1 aromatic heterocycles. The second-order valence-corrected chi connectivity index (χ2v) is 5.12. The van der Waals surface area contributed by atoms with Gasteiger partial charge in [0, 0.05) is 38.2 Å². The largest absolute Gasteiger partial charge is 0.366 e. The number of nitrogens with zero attached hydrogens (tertiary/aromatic N) is 3. The zero-order valence-corrected chi connectivity index (χ0v) is 12.1. The minimum absolute atomic E-state index is 0.229. The molecule has 0 unspecified atom stereocenters. The first-order valence-electron chi connectivity index (χ1n) is 7.35. The van der Waals surface area contributed by atoms with Crippen molar-refractivity contribution in [1.29, 1.82) is 0 Å². The van der Waals surface area contributed by atoms with E-state index in [2.05, 4.69) is 20.2 Å². The van der Waals surface area contributed by atoms with Crippen LogP contribution in [0, 0.1) is 5.82 Å². The number of halogens is 1. The second-order valence-electron chi connectivity index (χ2n) is 5.12. The fourth-order valence-electron chi connectivity index (χ4n) is 2.54. The molecule has 0 spiro atoms. The van der Waals surface area contributed by atoms with Crippen molar-refractivity contribution in [3.05, 3.63) is 42.1 Å². The lowest BCUT2D eigenvalue weighted by molar-refractivity contribution is 0.588. The molecule has 2 heterocycles. The molecule has 2 aromatic rings. The van der Waals surface area contributed by atoms with E-state index in [0.717, 1.165) is 55.4 Å². The number of nitrogens with one attached hydrogen (secondary N) is 1. The highest BCUT2D eigenvalue weighted by Crippen LogP contribution is 2.29. The standard InChI is InChI=1S/C16H19FN4/c1-2-15-19-11-14(21-9-7-18-8-10-21)16(20-15)12-3-5-13(17)6-4-12/h3-6,11,18H,2,7-10H2,1H3. The third-order valence-electron chi connectivity index (χ3n) is 3.71. The third-order valence-corrected chi connectivity index (χ3v) is 3.71. The Morgan fingerprint density at radius 3 is 2.57 bits per heavy atom. The number of piperazine rings is 1. The van der Waals surface area contributed by atoms with Crippen LogP contribution < -0.4 is 10.2 Å². The number of benzene rings is 1. The predicted molar refractivity (Wildman–Crippen MR) is 81.9 cm³/mol. The Morgan fingerprint density at radius 1 is 1.19 bits per heavy atom. The minimum atomic E-state index is -0.229. The van der Waals surface area contributed by atoms with Crippen LogP contribution in [-0.4, -0.2) is 36.1 Å². The van der Waals surface area contributed by atoms with Gasteiger partial charge in [0.2, 0.25) is 0 Å². The Labute approximate surface area is 124 Å². The summed E-state index contributed by atoms with van der Waals surface area (Å²) < 4.78 is 13.2. The van der Waals surface area contributed by atoms with Gasteiger partial charge >= 0.3 is 0 Å². The zero-order valence-electron chi connectivity index (χ0n) is 12.1. The van der Waals surface area contributed by atoms with Crippen LogP contribution in [0.15, 0.2) is 30.5 Å². The summed E-state index contributed by atoms with van der Waals surface area (Å²) in [6.07, 6.45) is 2.69. The van der Waals surface area contributed by atoms with Gasteiger partial charge in [-0.25, -0.2) is 14.4 Å². The minimum Gasteiger partial charge on any atom is -0.366 e. The molecule has 0 atom stereocenters. The van der Waals surface area contributed by atoms with Crippen molar-refractivity contribution >= 4 is 5.69 Å². The first-order chi connectivity index (χ1) is 10.3. The number of aromatic nitrogens is 2. The topological polar surface area (TPSA) is 41.1 Å². The molecule has 1 fully saturated rings. The lowest BCUT2D eigenvalue weighted by Gasteiger charge is -2.30. The second kappa shape index (κ2) is 6.18. The van der Waals surface area contributed by atoms with Crippen LogP contribution in [0.1, 0.15) is 12.7 Å². The van der Waals surface area contributed by atoms with Crippen LogP contribution in [-0.2, 0) is 6.42 Å². The summed E-state index contributed by atoms with van der Waals surface area (Å²) in [5, 5.41) is 3.34. The fraction of sp³-hybridized carbons (Fsp3) is 0.375. The molecule has 0 saturated carbocycles. The van der Waals surface area contributed by atoms with Crippen LogP contribution in [0.2, 0.25) is 0 Å². The molecule has 3 rings (SSSR count). The van der Waals surface area contributed by atoms with Crippen molar-refractivity contribution in [1.82, 2.24) is 15.3 Å². The van der Waals surface area contributed by atoms with Crippen molar-refractivity contribution in [2.45, 2.75) is 13.3 Å². The van der Waals surface area contributed by atoms with Gasteiger partial charge in [-0.2, -0.15) is 0 Å². The van der Waals surface area contributed by atoms with Gasteiger partial charge < -0.3 is 10.2 Å². The molecule has 0 aliphatic carbocycles. The average Bonchev–Trinajstić information content (AvgIpc) is 2.56. The number of anilines is 1. The maximum absolute atomic E-state index is 13.2. The molecule has 5 heteroatoms. The van der Waals surface area contributed by atoms with Crippen LogP contribution in [0.5, 0.6) is 0 Å². The molecule has 110 valence electrons. The molecular formula is C16H19FN4. The van der Waals surface area contributed by atoms with E-state index in [1.807, 2.05) is 13.1 Å². The quantitative estimate of drug-likeness (QED) is 0.939. The van der Waals surface area contributed by atoms with Crippen molar-refractivity contribution in [2.24, 2.45) is 0 Å². The van der Waals surface area contributed by atoms with Crippen molar-refractivity contribution < 1.29 is 4.39 Å². The van der Waals surface area contributed by atoms with E-state index < -0.39 is 0 Å². The average molecular weight is 286 g/mol. The lowest BCUT2D eigenvalue weighted by Crippen LogP contribution is -2.43. The summed E-state index contributed by atoms with van der Waals surface area (Å²) in [5.74, 6) is 0.584. The Kier molecular flexibility index (Phi) is 4.10. The Hall–Kier alpha value is -2.01. The van der Waals surface area contributed by atoms with Gasteiger partial charge in [-0.15, -0.1) is 0 Å². The van der Waals surface area contributed by atoms with Gasteiger partial charge in [0.15, 0.2) is 0 Å². The van der Waals surface area contributed by atoms with Crippen molar-refractivity contribution in [3.63, 3.8) is 0 Å². The van der Waals surface area contributed by atoms with Gasteiger partial charge in [0.1, 0.15) is 11.6 Å². The lowest BCUT2D eigenvalue weighted by atomic mass is 10.1. The summed E-state index contributed by atoms with van der Waals surface area (Å²) in [5.41, 5.74) is 2.85. The number of hydrogen-bond donors (Lipinski definition) is 1. The van der Waals surface area contributed by atoms with Crippen molar-refractivity contribution in [3.8, 4) is 11.3 Å². The van der Waals surface area contributed by atoms with E-state index in [0.29, 0.717) is 0 Å². The first-order valence-corrected chi connectivity index (χ1v) is 7.35. The molecule has 1 aliphatic rings. The fourth-order valence-corrected chi connectivity index (χ4v) is 2.54. The first kappa shape index (κ1) is 13.9. The monoisotopic (exact) mass is 286 g/mol. The van der Waals surface area contributed by atoms with E-state index >= 15 is 0 Å². The normalized spacial score (nSPS) is 15.2. The summed E-state index contributed by atoms with van der Waals surface area (Å²) in [6.45, 7) is 5.82. The van der Waals surface area contributed by atoms with Gasteiger partial charge in [-0.1, -0.05) is 6.92 Å². The Bertz CT molecular complexity index is 606. The highest BCUT2D eigenvalue weighted by atomic mass is 19.1. The van der Waals surface area contributed by atoms with Crippen molar-refractivity contribution in [2.75, 3.05) is 31.1 Å². The Balaban J connectivity index is 2.04. The maximum Gasteiger partial charge on any atom is 0.128 e. The molecule has 1 saturated heterocycles. The van der Waals surface area contributed by atoms with E-state index in [-0.39, 0.29) is 5.82 Å². The molecule has 1 aromatic carbocycles. The molecular weight excluding hydrogens is 267 g/mol. The summed E-state index contributed by atoms with van der Waals surface area (Å²) in [7, 11) is 0. The number of rotatable bonds is 3. The van der Waals surface area contributed by atoms with Gasteiger partial charge in [0.25, 0.3) is 0 Å². The summed E-state index contributed by atoms with van der Waals surface area (Å²) in [4.78, 5) is 11.4. The van der Waals surface area contributed by atoms with Crippen LogP contribution in [0.4, 0.5) is 10.1 Å². The number of aryl methyl sites for hydroxylation is 1. The van der Waals surface area contributed by atoms with E-state index in [4.69, 9.17) is 0 Å². The van der Waals surface area contributed by atoms with Crippen LogP contribution in [0.25, 0.3) is 11.3 Å². The van der Waals surface area contributed by atoms with E-state index in [1.54, 1.807) is 12.1 Å². The van der Waals surface area contributed by atoms with Crippen LogP contribution in [0.3, 0.4) is 0 Å². The van der Waals surface area contributed by atoms with Gasteiger partial charge in [0.05, 0.1) is 17.6 Å². The maximum atomic E-state index is 13.2. The molecule has 0 bridgehead atoms. The summed E-state index contributed by atoms with van der Waals surface area (Å²) in [6, 6.07) is 6.51. The smallest absolute Gasteiger partial charge is 0.128 e. The molecule has 21 heavy (non-hydrogen) atoms. The molecule has 1 N–H and O–H groups in total. The predicted octanol–water partition coefficient (Wildman–Crippen LogP) is 2.25. The van der Waals surface area contributed by atoms with E-state index in [9.17, 15) is 4.39 Å². The highest BCUT2D eigenvalue weighted by molar-refractivity contribution is 5.74. The Morgan fingerprint density at radius 2 is 1.90 bits per heavy atom. The highest BCUT2D eigenvalue weighted by Gasteiger charge is 2.17. The number of hydrogen-bond acceptors (Lipinski definition) is 4. The van der Waals surface area contributed by atoms with Crippen LogP contribution >= 0.6 is 0 Å². The summed E-state index contributed by atoms with van der Waals surface area (Å²) >= 11 is 0. The van der Waals surface area contributed by atoms with E-state index in [1.165, 1.54) is 12.1 Å². The van der Waals surface area contributed by atoms with Gasteiger partial charge in [-0.05, 0) is 24.3 Å². The molecule has 1 aliphatic heterocycles. The molecule has 4 nitrogen and oxygen atoms in total. The molecule has 0 amide bonds.